The van der Waals surface area contributed by atoms with Crippen LogP contribution in [0, 0.1) is 5.92 Å². The number of likely N-dealkylation sites (tertiary alicyclic amines) is 1. The number of carbonyl (C=O) groups is 2. The molecule has 1 saturated heterocycles. The van der Waals surface area contributed by atoms with Gasteiger partial charge in [-0.15, -0.1) is 0 Å². The molecule has 1 N–H and O–H groups in total. The number of aromatic nitrogens is 2. The van der Waals surface area contributed by atoms with Crippen molar-refractivity contribution in [1.82, 2.24) is 14.5 Å². The number of ether oxygens (including phenoxy) is 1. The third-order valence-electron chi connectivity index (χ3n) is 4.80. The van der Waals surface area contributed by atoms with Gasteiger partial charge in [0.2, 0.25) is 5.91 Å². The zero-order valence-corrected chi connectivity index (χ0v) is 15.6. The summed E-state index contributed by atoms with van der Waals surface area (Å²) in [5.41, 5.74) is 0.877. The van der Waals surface area contributed by atoms with Crippen LogP contribution in [0.3, 0.4) is 0 Å². The van der Waals surface area contributed by atoms with Crippen LogP contribution in [0.15, 0.2) is 43.0 Å². The Morgan fingerprint density at radius 1 is 1.26 bits per heavy atom. The van der Waals surface area contributed by atoms with Crippen LogP contribution in [-0.4, -0.2) is 52.6 Å². The van der Waals surface area contributed by atoms with Crippen molar-refractivity contribution >= 4 is 17.6 Å². The van der Waals surface area contributed by atoms with Crippen molar-refractivity contribution in [3.05, 3.63) is 48.5 Å². The highest BCUT2D eigenvalue weighted by Crippen LogP contribution is 2.20. The monoisotopic (exact) mass is 370 g/mol. The van der Waals surface area contributed by atoms with Crippen LogP contribution in [-0.2, 0) is 16.1 Å². The van der Waals surface area contributed by atoms with E-state index in [0.29, 0.717) is 30.3 Å². The highest BCUT2D eigenvalue weighted by atomic mass is 16.5. The molecule has 7 nitrogen and oxygen atoms in total. The van der Waals surface area contributed by atoms with Crippen LogP contribution in [0.5, 0.6) is 0 Å². The molecular formula is C20H26N4O3. The van der Waals surface area contributed by atoms with Crippen molar-refractivity contribution < 1.29 is 14.3 Å². The van der Waals surface area contributed by atoms with E-state index in [1.54, 1.807) is 37.4 Å². The summed E-state index contributed by atoms with van der Waals surface area (Å²) < 4.78 is 7.16. The number of nitrogens with zero attached hydrogens (tertiary/aromatic N) is 3. The van der Waals surface area contributed by atoms with Crippen LogP contribution < -0.4 is 5.32 Å². The first kappa shape index (κ1) is 19.1. The number of benzene rings is 1. The number of nitrogens with one attached hydrogen (secondary N) is 1. The Labute approximate surface area is 159 Å². The summed E-state index contributed by atoms with van der Waals surface area (Å²) in [6.45, 7) is 5.16. The summed E-state index contributed by atoms with van der Waals surface area (Å²) in [4.78, 5) is 30.7. The van der Waals surface area contributed by atoms with Gasteiger partial charge in [0, 0.05) is 18.9 Å². The largest absolute Gasteiger partial charge is 0.462 e. The van der Waals surface area contributed by atoms with Crippen LogP contribution in [0.1, 0.15) is 30.1 Å². The van der Waals surface area contributed by atoms with Gasteiger partial charge in [0.1, 0.15) is 0 Å². The van der Waals surface area contributed by atoms with E-state index >= 15 is 0 Å². The smallest absolute Gasteiger partial charge is 0.340 e. The van der Waals surface area contributed by atoms with Gasteiger partial charge in [0.15, 0.2) is 0 Å². The lowest BCUT2D eigenvalue weighted by Crippen LogP contribution is -2.40. The van der Waals surface area contributed by atoms with Crippen LogP contribution in [0.4, 0.5) is 5.69 Å². The molecule has 0 atom stereocenters. The summed E-state index contributed by atoms with van der Waals surface area (Å²) >= 11 is 0. The number of anilines is 1. The molecule has 2 aromatic rings. The molecule has 2 heterocycles. The molecule has 0 spiro atoms. The quantitative estimate of drug-likeness (QED) is 0.758. The fourth-order valence-corrected chi connectivity index (χ4v) is 3.39. The van der Waals surface area contributed by atoms with Crippen LogP contribution >= 0.6 is 0 Å². The fraction of sp³-hybridized carbons (Fsp3) is 0.450. The Hall–Kier alpha value is -2.67. The molecule has 1 aromatic carbocycles. The van der Waals surface area contributed by atoms with Crippen molar-refractivity contribution in [1.29, 1.82) is 0 Å². The summed E-state index contributed by atoms with van der Waals surface area (Å²) in [6.07, 6.45) is 7.75. The minimum atomic E-state index is -0.422. The fourth-order valence-electron chi connectivity index (χ4n) is 3.39. The van der Waals surface area contributed by atoms with Crippen LogP contribution in [0.25, 0.3) is 0 Å². The molecule has 0 saturated carbocycles. The van der Waals surface area contributed by atoms with Gasteiger partial charge in [-0.2, -0.15) is 0 Å². The lowest BCUT2D eigenvalue weighted by Gasteiger charge is -2.31. The summed E-state index contributed by atoms with van der Waals surface area (Å²) in [6, 6.07) is 6.93. The number of piperidine rings is 1. The second-order valence-corrected chi connectivity index (χ2v) is 6.79. The molecular weight excluding hydrogens is 344 g/mol. The summed E-state index contributed by atoms with van der Waals surface area (Å²) in [5, 5.41) is 2.85. The molecule has 0 bridgehead atoms. The lowest BCUT2D eigenvalue weighted by atomic mass is 9.97. The normalized spacial score (nSPS) is 15.4. The number of imidazole rings is 1. The highest BCUT2D eigenvalue weighted by Gasteiger charge is 2.22. The van der Waals surface area contributed by atoms with Crippen molar-refractivity contribution in [2.45, 2.75) is 26.3 Å². The number of para-hydroxylation sites is 1. The number of rotatable bonds is 7. The molecule has 144 valence electrons. The Morgan fingerprint density at radius 3 is 2.74 bits per heavy atom. The third-order valence-corrected chi connectivity index (χ3v) is 4.80. The molecule has 1 aliphatic rings. The van der Waals surface area contributed by atoms with Gasteiger partial charge in [-0.1, -0.05) is 12.1 Å². The zero-order valence-electron chi connectivity index (χ0n) is 15.6. The van der Waals surface area contributed by atoms with E-state index in [9.17, 15) is 9.59 Å². The van der Waals surface area contributed by atoms with Gasteiger partial charge in [-0.3, -0.25) is 9.69 Å². The SMILES string of the molecule is CCOC(=O)c1ccccc1NC(=O)CN1CCC(Cn2ccnc2)CC1. The number of carbonyl (C=O) groups excluding carboxylic acids is 2. The molecule has 0 aliphatic carbocycles. The maximum absolute atomic E-state index is 12.4. The third kappa shape index (κ3) is 5.40. The van der Waals surface area contributed by atoms with E-state index in [-0.39, 0.29) is 5.91 Å². The Bertz CT molecular complexity index is 752. The van der Waals surface area contributed by atoms with E-state index in [0.717, 1.165) is 32.5 Å². The van der Waals surface area contributed by atoms with Gasteiger partial charge in [-0.05, 0) is 50.9 Å². The van der Waals surface area contributed by atoms with E-state index in [1.807, 2.05) is 12.5 Å². The molecule has 3 rings (SSSR count). The van der Waals surface area contributed by atoms with E-state index in [1.165, 1.54) is 0 Å². The number of hydrogen-bond donors (Lipinski definition) is 1. The average molecular weight is 370 g/mol. The first-order valence-electron chi connectivity index (χ1n) is 9.39. The van der Waals surface area contributed by atoms with Crippen molar-refractivity contribution in [3.8, 4) is 0 Å². The van der Waals surface area contributed by atoms with Crippen molar-refractivity contribution in [2.75, 3.05) is 31.6 Å². The number of esters is 1. The summed E-state index contributed by atoms with van der Waals surface area (Å²) in [7, 11) is 0. The minimum absolute atomic E-state index is 0.111. The molecule has 0 unspecified atom stereocenters. The van der Waals surface area contributed by atoms with Gasteiger partial charge in [0.05, 0.1) is 30.7 Å². The van der Waals surface area contributed by atoms with E-state index < -0.39 is 5.97 Å². The van der Waals surface area contributed by atoms with Crippen molar-refractivity contribution in [2.24, 2.45) is 5.92 Å². The molecule has 0 radical (unpaired) electrons. The van der Waals surface area contributed by atoms with Gasteiger partial charge >= 0.3 is 5.97 Å². The maximum Gasteiger partial charge on any atom is 0.340 e. The molecule has 27 heavy (non-hydrogen) atoms. The molecule has 1 aromatic heterocycles. The second-order valence-electron chi connectivity index (χ2n) is 6.79. The first-order chi connectivity index (χ1) is 13.2. The van der Waals surface area contributed by atoms with Gasteiger partial charge in [0.25, 0.3) is 0 Å². The number of amides is 1. The molecule has 1 aliphatic heterocycles. The van der Waals surface area contributed by atoms with Crippen molar-refractivity contribution in [3.63, 3.8) is 0 Å². The van der Waals surface area contributed by atoms with E-state index in [4.69, 9.17) is 4.74 Å². The Morgan fingerprint density at radius 2 is 2.04 bits per heavy atom. The average Bonchev–Trinajstić information content (AvgIpc) is 3.17. The maximum atomic E-state index is 12.4. The van der Waals surface area contributed by atoms with E-state index in [2.05, 4.69) is 19.8 Å². The topological polar surface area (TPSA) is 76.5 Å². The Balaban J connectivity index is 1.48. The highest BCUT2D eigenvalue weighted by molar-refractivity contribution is 6.01. The second kappa shape index (κ2) is 9.32. The van der Waals surface area contributed by atoms with Crippen LogP contribution in [0.2, 0.25) is 0 Å². The molecule has 7 heteroatoms. The Kier molecular flexibility index (Phi) is 6.59. The molecule has 1 fully saturated rings. The predicted octanol–water partition coefficient (Wildman–Crippen LogP) is 2.41. The first-order valence-corrected chi connectivity index (χ1v) is 9.39. The van der Waals surface area contributed by atoms with Gasteiger partial charge < -0.3 is 14.6 Å². The summed E-state index contributed by atoms with van der Waals surface area (Å²) in [5.74, 6) is 0.0802. The standard InChI is InChI=1S/C20H26N4O3/c1-2-27-20(26)17-5-3-4-6-18(17)22-19(25)14-23-10-7-16(8-11-23)13-24-12-9-21-15-24/h3-6,9,12,15-16H,2,7-8,10-11,13-14H2,1H3,(H,22,25). The lowest BCUT2D eigenvalue weighted by molar-refractivity contribution is -0.117. The minimum Gasteiger partial charge on any atom is -0.462 e. The number of hydrogen-bond acceptors (Lipinski definition) is 5. The predicted molar refractivity (Wildman–Crippen MR) is 102 cm³/mol. The van der Waals surface area contributed by atoms with Gasteiger partial charge in [-0.25, -0.2) is 9.78 Å². The molecule has 1 amide bonds. The zero-order chi connectivity index (χ0) is 19.1.